The minimum atomic E-state index is -1.09. The summed E-state index contributed by atoms with van der Waals surface area (Å²) in [5.41, 5.74) is 0.123. The molecule has 0 unspecified atom stereocenters. The van der Waals surface area contributed by atoms with E-state index in [1.54, 1.807) is 33.1 Å². The van der Waals surface area contributed by atoms with E-state index in [9.17, 15) is 29.1 Å². The number of likely N-dealkylation sites (N-methyl/N-ethyl adjacent to an activating group) is 2. The van der Waals surface area contributed by atoms with Gasteiger partial charge in [0.25, 0.3) is 0 Å². The van der Waals surface area contributed by atoms with E-state index in [4.69, 9.17) is 9.47 Å². The van der Waals surface area contributed by atoms with Crippen LogP contribution in [-0.2, 0) is 39.9 Å². The van der Waals surface area contributed by atoms with Crippen LogP contribution in [0.3, 0.4) is 0 Å². The van der Waals surface area contributed by atoms with E-state index in [2.05, 4.69) is 34.7 Å². The number of nitrogens with one attached hydrogen (secondary N) is 3. The Bertz CT molecular complexity index is 1460. The molecule has 1 fully saturated rings. The van der Waals surface area contributed by atoms with Crippen molar-refractivity contribution in [1.29, 1.82) is 0 Å². The highest BCUT2D eigenvalue weighted by Gasteiger charge is 2.60. The summed E-state index contributed by atoms with van der Waals surface area (Å²) in [6.07, 6.45) is 3.40. The van der Waals surface area contributed by atoms with Crippen molar-refractivity contribution in [3.8, 4) is 0 Å². The van der Waals surface area contributed by atoms with Crippen LogP contribution in [0.1, 0.15) is 106 Å². The zero-order chi connectivity index (χ0) is 43.9. The van der Waals surface area contributed by atoms with Crippen LogP contribution >= 0.6 is 0 Å². The van der Waals surface area contributed by atoms with Gasteiger partial charge in [0.1, 0.15) is 12.1 Å². The molecular formula is C45H77N5O8. The average molecular weight is 816 g/mol. The predicted octanol–water partition coefficient (Wildman–Crippen LogP) is 5.16. The van der Waals surface area contributed by atoms with Gasteiger partial charge in [-0.25, -0.2) is 4.79 Å². The first-order valence-corrected chi connectivity index (χ1v) is 21.4. The number of nitrogens with zero attached hydrogens (tertiary/aromatic N) is 2. The van der Waals surface area contributed by atoms with Gasteiger partial charge >= 0.3 is 5.97 Å². The number of benzene rings is 1. The lowest BCUT2D eigenvalue weighted by atomic mass is 9.89. The molecule has 0 saturated heterocycles. The van der Waals surface area contributed by atoms with E-state index in [-0.39, 0.29) is 66.2 Å². The fourth-order valence-corrected chi connectivity index (χ4v) is 8.34. The molecule has 0 aliphatic heterocycles. The van der Waals surface area contributed by atoms with E-state index in [1.165, 1.54) is 0 Å². The van der Waals surface area contributed by atoms with Crippen molar-refractivity contribution in [2.24, 2.45) is 35.5 Å². The number of carboxylic acids is 1. The van der Waals surface area contributed by atoms with Gasteiger partial charge in [-0.2, -0.15) is 0 Å². The highest BCUT2D eigenvalue weighted by molar-refractivity contribution is 5.90. The van der Waals surface area contributed by atoms with Gasteiger partial charge in [0.05, 0.1) is 36.1 Å². The summed E-state index contributed by atoms with van der Waals surface area (Å²) in [6.45, 7) is 19.3. The molecule has 1 saturated carbocycles. The molecule has 0 heterocycles. The number of aliphatic carboxylic acids is 1. The first kappa shape index (κ1) is 50.6. The molecule has 0 bridgehead atoms. The van der Waals surface area contributed by atoms with Crippen molar-refractivity contribution in [2.75, 3.05) is 41.4 Å². The molecule has 2 rings (SSSR count). The van der Waals surface area contributed by atoms with E-state index < -0.39 is 41.7 Å². The molecule has 4 N–H and O–H groups in total. The Morgan fingerprint density at radius 2 is 1.55 bits per heavy atom. The lowest BCUT2D eigenvalue weighted by Gasteiger charge is -2.40. The molecule has 13 nitrogen and oxygen atoms in total. The molecule has 4 amide bonds. The van der Waals surface area contributed by atoms with Gasteiger partial charge in [-0.15, -0.1) is 0 Å². The summed E-state index contributed by atoms with van der Waals surface area (Å²) in [5.74, 6) is -2.13. The summed E-state index contributed by atoms with van der Waals surface area (Å²) in [7, 11) is 6.84. The van der Waals surface area contributed by atoms with Crippen molar-refractivity contribution in [2.45, 2.75) is 143 Å². The van der Waals surface area contributed by atoms with Gasteiger partial charge in [0, 0.05) is 34.2 Å². The maximum Gasteiger partial charge on any atom is 0.326 e. The zero-order valence-electron chi connectivity index (χ0n) is 37.8. The van der Waals surface area contributed by atoms with Crippen molar-refractivity contribution in [3.05, 3.63) is 35.9 Å². The van der Waals surface area contributed by atoms with E-state index in [0.29, 0.717) is 31.7 Å². The fraction of sp³-hybridized carbons (Fsp3) is 0.756. The molecule has 1 aliphatic carbocycles. The SMILES string of the molecule is CC[C@H](C)[C@@H]([C@@H](CC(=O)NCCC[C@@H]1C[C@@]1(OC)[C@@H](C)C(=O)N[C@@H](Cc1ccccc1)C(=O)O)OC)N(C)C(=O)[C@@H](NC(=O)[C@H](C(C)C)N(C)CCC(C)C)C(C)C. The zero-order valence-corrected chi connectivity index (χ0v) is 37.8. The molecule has 1 aliphatic rings. The largest absolute Gasteiger partial charge is 0.480 e. The molecule has 0 spiro atoms. The lowest BCUT2D eigenvalue weighted by molar-refractivity contribution is -0.144. The number of carbonyl (C=O) groups excluding carboxylic acids is 4. The summed E-state index contributed by atoms with van der Waals surface area (Å²) < 4.78 is 11.8. The second-order valence-electron chi connectivity index (χ2n) is 17.7. The average Bonchev–Trinajstić information content (AvgIpc) is 3.90. The number of hydrogen-bond acceptors (Lipinski definition) is 8. The molecule has 0 aromatic heterocycles. The first-order chi connectivity index (χ1) is 27.3. The van der Waals surface area contributed by atoms with Gasteiger partial charge in [-0.05, 0) is 74.4 Å². The topological polar surface area (TPSA) is 167 Å². The Kier molecular flexibility index (Phi) is 20.8. The van der Waals surface area contributed by atoms with Crippen LogP contribution < -0.4 is 16.0 Å². The highest BCUT2D eigenvalue weighted by atomic mass is 16.5. The number of rotatable bonds is 27. The number of methoxy groups -OCH3 is 2. The van der Waals surface area contributed by atoms with Gasteiger partial charge < -0.3 is 35.4 Å². The van der Waals surface area contributed by atoms with Crippen molar-refractivity contribution >= 4 is 29.6 Å². The van der Waals surface area contributed by atoms with Crippen molar-refractivity contribution < 1.29 is 38.6 Å². The van der Waals surface area contributed by atoms with Crippen LogP contribution in [0.15, 0.2) is 30.3 Å². The van der Waals surface area contributed by atoms with Crippen LogP contribution in [-0.4, -0.2) is 122 Å². The van der Waals surface area contributed by atoms with Crippen LogP contribution in [0.5, 0.6) is 0 Å². The molecule has 13 heteroatoms. The third kappa shape index (κ3) is 14.3. The van der Waals surface area contributed by atoms with Gasteiger partial charge in [0.15, 0.2) is 0 Å². The van der Waals surface area contributed by atoms with E-state index in [1.807, 2.05) is 78.9 Å². The Morgan fingerprint density at radius 3 is 2.07 bits per heavy atom. The monoisotopic (exact) mass is 816 g/mol. The fourth-order valence-electron chi connectivity index (χ4n) is 8.34. The minimum absolute atomic E-state index is 0.00105. The van der Waals surface area contributed by atoms with Gasteiger partial charge in [-0.3, -0.25) is 24.1 Å². The minimum Gasteiger partial charge on any atom is -0.480 e. The maximum atomic E-state index is 14.3. The molecule has 0 radical (unpaired) electrons. The second kappa shape index (κ2) is 23.9. The lowest BCUT2D eigenvalue weighted by Crippen LogP contribution is -2.60. The van der Waals surface area contributed by atoms with Gasteiger partial charge in [0.2, 0.25) is 23.6 Å². The Labute approximate surface area is 349 Å². The second-order valence-corrected chi connectivity index (χ2v) is 17.7. The third-order valence-electron chi connectivity index (χ3n) is 12.3. The van der Waals surface area contributed by atoms with Crippen molar-refractivity contribution in [3.63, 3.8) is 0 Å². The smallest absolute Gasteiger partial charge is 0.326 e. The molecule has 58 heavy (non-hydrogen) atoms. The number of amides is 4. The summed E-state index contributed by atoms with van der Waals surface area (Å²) in [6, 6.07) is 6.58. The van der Waals surface area contributed by atoms with E-state index in [0.717, 1.165) is 24.9 Å². The Balaban J connectivity index is 2.02. The Hall–Kier alpha value is -3.55. The highest BCUT2D eigenvalue weighted by Crippen LogP contribution is 2.54. The standard InChI is InChI=1S/C45H77N5O8/c1-14-31(8)40(50(11)43(54)38(29(4)5)48-42(53)39(30(6)7)49(10)24-22-28(2)3)36(57-12)26-37(51)46-23-18-21-34-27-45(34,58-13)32(9)41(52)47-35(44(55)56)25-33-19-16-15-17-20-33/h15-17,19-20,28-32,34-36,38-40H,14,18,21-27H2,1-13H3,(H,46,51)(H,47,52)(H,48,53)(H,55,56)/t31-,32-,34+,35-,36+,38-,39-,40-,45+/m0/s1. The predicted molar refractivity (Wildman–Crippen MR) is 228 cm³/mol. The van der Waals surface area contributed by atoms with E-state index >= 15 is 0 Å². The third-order valence-corrected chi connectivity index (χ3v) is 12.3. The number of ether oxygens (including phenoxy) is 2. The summed E-state index contributed by atoms with van der Waals surface area (Å²) in [5, 5.41) is 18.6. The normalized spacial score (nSPS) is 20.2. The molecule has 9 atom stereocenters. The summed E-state index contributed by atoms with van der Waals surface area (Å²) in [4.78, 5) is 70.4. The molecular weight excluding hydrogens is 739 g/mol. The number of carboxylic acid groups (broad SMARTS) is 1. The van der Waals surface area contributed by atoms with Crippen LogP contribution in [0.4, 0.5) is 0 Å². The van der Waals surface area contributed by atoms with Crippen LogP contribution in [0.25, 0.3) is 0 Å². The summed E-state index contributed by atoms with van der Waals surface area (Å²) >= 11 is 0. The first-order valence-electron chi connectivity index (χ1n) is 21.4. The Morgan fingerprint density at radius 1 is 0.914 bits per heavy atom. The van der Waals surface area contributed by atoms with Crippen molar-refractivity contribution in [1.82, 2.24) is 25.8 Å². The maximum absolute atomic E-state index is 14.3. The molecule has 330 valence electrons. The van der Waals surface area contributed by atoms with Gasteiger partial charge in [-0.1, -0.05) is 99.1 Å². The number of carbonyl (C=O) groups is 5. The number of hydrogen-bond donors (Lipinski definition) is 4. The molecule has 1 aromatic rings. The van der Waals surface area contributed by atoms with Crippen LogP contribution in [0, 0.1) is 35.5 Å². The quantitative estimate of drug-likeness (QED) is 0.0879. The van der Waals surface area contributed by atoms with Crippen LogP contribution in [0.2, 0.25) is 0 Å². The molecule has 1 aromatic carbocycles.